The van der Waals surface area contributed by atoms with Gasteiger partial charge in [0.25, 0.3) is 5.91 Å². The van der Waals surface area contributed by atoms with Gasteiger partial charge in [0.2, 0.25) is 5.91 Å². The van der Waals surface area contributed by atoms with Crippen LogP contribution in [-0.4, -0.2) is 61.4 Å². The molecule has 1 atom stereocenters. The maximum Gasteiger partial charge on any atom is 0.251 e. The summed E-state index contributed by atoms with van der Waals surface area (Å²) in [6.07, 6.45) is 2.23. The Kier molecular flexibility index (Phi) is 15.8. The number of benzene rings is 1. The average Bonchev–Trinajstić information content (AvgIpc) is 2.74. The van der Waals surface area contributed by atoms with Crippen molar-refractivity contribution in [1.29, 1.82) is 0 Å². The zero-order chi connectivity index (χ0) is 22.4. The van der Waals surface area contributed by atoms with Gasteiger partial charge in [0, 0.05) is 18.2 Å². The van der Waals surface area contributed by atoms with Crippen molar-refractivity contribution in [3.63, 3.8) is 0 Å². The third kappa shape index (κ3) is 12.5. The number of halogens is 1. The minimum Gasteiger partial charge on any atom is -0.368 e. The second-order valence-electron chi connectivity index (χ2n) is 7.26. The molecule has 0 aliphatic rings. The Balaban J connectivity index is 0.00000900. The maximum atomic E-state index is 11.9. The minimum absolute atomic E-state index is 0. The maximum absolute atomic E-state index is 11.9. The van der Waals surface area contributed by atoms with Crippen molar-refractivity contribution in [2.45, 2.75) is 53.1 Å². The summed E-state index contributed by atoms with van der Waals surface area (Å²) in [4.78, 5) is 29.8. The fraction of sp³-hybridized carbons (Fsp3) is 0.591. The number of primary amides is 1. The standard InChI is InChI=1S/C22H38N6O2.HI/c1-5-24-22(27-17(4)9-8-14-28(6-2)7-3)26-15-18-10-12-19(13-11-18)21(30)25-16-20(23)29;/h10-13,17H,5-9,14-16H2,1-4H3,(H2,23,29)(H,25,30)(H2,24,26,27);1H. The second-order valence-corrected chi connectivity index (χ2v) is 7.26. The predicted octanol–water partition coefficient (Wildman–Crippen LogP) is 2.09. The third-order valence-electron chi connectivity index (χ3n) is 4.79. The van der Waals surface area contributed by atoms with Crippen molar-refractivity contribution in [2.24, 2.45) is 10.7 Å². The zero-order valence-electron chi connectivity index (χ0n) is 19.2. The highest BCUT2D eigenvalue weighted by Gasteiger charge is 2.08. The Morgan fingerprint density at radius 3 is 2.29 bits per heavy atom. The van der Waals surface area contributed by atoms with Crippen LogP contribution >= 0.6 is 24.0 Å². The molecule has 0 aromatic heterocycles. The number of amides is 2. The molecule has 1 rings (SSSR count). The largest absolute Gasteiger partial charge is 0.368 e. The molecule has 9 heteroatoms. The highest BCUT2D eigenvalue weighted by Crippen LogP contribution is 2.06. The average molecular weight is 546 g/mol. The number of hydrogen-bond acceptors (Lipinski definition) is 4. The van der Waals surface area contributed by atoms with Gasteiger partial charge in [-0.15, -0.1) is 24.0 Å². The molecule has 0 radical (unpaired) electrons. The SMILES string of the molecule is CCNC(=NCc1ccc(C(=O)NCC(N)=O)cc1)NC(C)CCCN(CC)CC.I. The van der Waals surface area contributed by atoms with E-state index in [4.69, 9.17) is 5.73 Å². The topological polar surface area (TPSA) is 112 Å². The van der Waals surface area contributed by atoms with Crippen molar-refractivity contribution < 1.29 is 9.59 Å². The first-order valence-electron chi connectivity index (χ1n) is 10.8. The number of guanidine groups is 1. The van der Waals surface area contributed by atoms with Gasteiger partial charge in [-0.1, -0.05) is 26.0 Å². The van der Waals surface area contributed by atoms with Crippen molar-refractivity contribution in [1.82, 2.24) is 20.9 Å². The first-order valence-corrected chi connectivity index (χ1v) is 10.8. The summed E-state index contributed by atoms with van der Waals surface area (Å²) < 4.78 is 0. The van der Waals surface area contributed by atoms with E-state index in [2.05, 4.69) is 46.6 Å². The van der Waals surface area contributed by atoms with E-state index in [1.165, 1.54) is 0 Å². The predicted molar refractivity (Wildman–Crippen MR) is 138 cm³/mol. The normalized spacial score (nSPS) is 12.1. The van der Waals surface area contributed by atoms with Crippen molar-refractivity contribution >= 4 is 41.8 Å². The molecule has 0 aliphatic carbocycles. The second kappa shape index (κ2) is 16.8. The molecule has 1 aromatic carbocycles. The first-order chi connectivity index (χ1) is 14.4. The van der Waals surface area contributed by atoms with Crippen molar-refractivity contribution in [3.05, 3.63) is 35.4 Å². The summed E-state index contributed by atoms with van der Waals surface area (Å²) in [6, 6.07) is 7.49. The first kappa shape index (κ1) is 29.1. The molecule has 0 fully saturated rings. The van der Waals surface area contributed by atoms with E-state index >= 15 is 0 Å². The van der Waals surface area contributed by atoms with Crippen molar-refractivity contribution in [3.8, 4) is 0 Å². The molecule has 0 saturated heterocycles. The smallest absolute Gasteiger partial charge is 0.251 e. The molecule has 1 unspecified atom stereocenters. The quantitative estimate of drug-likeness (QED) is 0.172. The Bertz CT molecular complexity index is 677. The van der Waals surface area contributed by atoms with Gasteiger partial charge < -0.3 is 26.6 Å². The van der Waals surface area contributed by atoms with E-state index in [1.807, 2.05) is 19.1 Å². The lowest BCUT2D eigenvalue weighted by Gasteiger charge is -2.21. The van der Waals surface area contributed by atoms with E-state index in [0.717, 1.165) is 50.5 Å². The molecule has 0 aliphatic heterocycles. The van der Waals surface area contributed by atoms with E-state index in [-0.39, 0.29) is 36.4 Å². The molecule has 0 spiro atoms. The van der Waals surface area contributed by atoms with E-state index in [0.29, 0.717) is 18.2 Å². The summed E-state index contributed by atoms with van der Waals surface area (Å²) in [7, 11) is 0. The molecule has 2 amide bonds. The van der Waals surface area contributed by atoms with Crippen LogP contribution in [0, 0.1) is 0 Å². The van der Waals surface area contributed by atoms with Gasteiger partial charge in [-0.3, -0.25) is 9.59 Å². The number of carbonyl (C=O) groups excluding carboxylic acids is 2. The molecule has 5 N–H and O–H groups in total. The van der Waals surface area contributed by atoms with Crippen LogP contribution in [0.5, 0.6) is 0 Å². The highest BCUT2D eigenvalue weighted by molar-refractivity contribution is 14.0. The summed E-state index contributed by atoms with van der Waals surface area (Å²) in [5.74, 6) is -0.103. The lowest BCUT2D eigenvalue weighted by Crippen LogP contribution is -2.42. The highest BCUT2D eigenvalue weighted by atomic mass is 127. The molecular formula is C22H39IN6O2. The Hall–Kier alpha value is -1.88. The van der Waals surface area contributed by atoms with Gasteiger partial charge in [0.15, 0.2) is 5.96 Å². The Morgan fingerprint density at radius 2 is 1.74 bits per heavy atom. The van der Waals surface area contributed by atoms with Crippen LogP contribution in [0.25, 0.3) is 0 Å². The number of rotatable bonds is 13. The number of nitrogens with one attached hydrogen (secondary N) is 3. The summed E-state index contributed by atoms with van der Waals surface area (Å²) in [5.41, 5.74) is 6.52. The molecule has 0 bridgehead atoms. The van der Waals surface area contributed by atoms with Crippen LogP contribution in [0.3, 0.4) is 0 Å². The number of aliphatic imine (C=N–C) groups is 1. The molecule has 176 valence electrons. The molecule has 0 saturated carbocycles. The van der Waals surface area contributed by atoms with Gasteiger partial charge >= 0.3 is 0 Å². The van der Waals surface area contributed by atoms with Gasteiger partial charge in [-0.2, -0.15) is 0 Å². The fourth-order valence-corrected chi connectivity index (χ4v) is 2.99. The number of nitrogens with two attached hydrogens (primary N) is 1. The fourth-order valence-electron chi connectivity index (χ4n) is 2.99. The van der Waals surface area contributed by atoms with Crippen molar-refractivity contribution in [2.75, 3.05) is 32.7 Å². The van der Waals surface area contributed by atoms with E-state index in [9.17, 15) is 9.59 Å². The van der Waals surface area contributed by atoms with E-state index in [1.54, 1.807) is 12.1 Å². The molecule has 1 aromatic rings. The monoisotopic (exact) mass is 546 g/mol. The number of hydrogen-bond donors (Lipinski definition) is 4. The van der Waals surface area contributed by atoms with Crippen LogP contribution < -0.4 is 21.7 Å². The Labute approximate surface area is 203 Å². The van der Waals surface area contributed by atoms with Gasteiger partial charge in [-0.05, 0) is 64.0 Å². The van der Waals surface area contributed by atoms with E-state index < -0.39 is 5.91 Å². The van der Waals surface area contributed by atoms with Gasteiger partial charge in [-0.25, -0.2) is 4.99 Å². The van der Waals surface area contributed by atoms with Crippen LogP contribution in [0.1, 0.15) is 56.5 Å². The third-order valence-corrected chi connectivity index (χ3v) is 4.79. The number of nitrogens with zero attached hydrogens (tertiary/aromatic N) is 2. The summed E-state index contributed by atoms with van der Waals surface area (Å²) in [5, 5.41) is 9.22. The van der Waals surface area contributed by atoms with Crippen LogP contribution in [-0.2, 0) is 11.3 Å². The molecule has 0 heterocycles. The van der Waals surface area contributed by atoms with Crippen LogP contribution in [0.2, 0.25) is 0 Å². The molecule has 8 nitrogen and oxygen atoms in total. The van der Waals surface area contributed by atoms with Gasteiger partial charge in [0.05, 0.1) is 13.1 Å². The van der Waals surface area contributed by atoms with Crippen LogP contribution in [0.15, 0.2) is 29.3 Å². The number of carbonyl (C=O) groups is 2. The summed E-state index contributed by atoms with van der Waals surface area (Å²) in [6.45, 7) is 13.0. The Morgan fingerprint density at radius 1 is 1.10 bits per heavy atom. The lowest BCUT2D eigenvalue weighted by atomic mass is 10.1. The lowest BCUT2D eigenvalue weighted by molar-refractivity contribution is -0.117. The van der Waals surface area contributed by atoms with Crippen LogP contribution in [0.4, 0.5) is 0 Å². The molecular weight excluding hydrogens is 507 g/mol. The summed E-state index contributed by atoms with van der Waals surface area (Å²) >= 11 is 0. The zero-order valence-corrected chi connectivity index (χ0v) is 21.6. The van der Waals surface area contributed by atoms with Gasteiger partial charge in [0.1, 0.15) is 0 Å². The molecule has 31 heavy (non-hydrogen) atoms. The minimum atomic E-state index is -0.569.